The Balaban J connectivity index is 1.63. The molecule has 2 aromatic carbocycles. The van der Waals surface area contributed by atoms with E-state index in [1.807, 2.05) is 24.3 Å². The fourth-order valence-corrected chi connectivity index (χ4v) is 4.02. The predicted molar refractivity (Wildman–Crippen MR) is 119 cm³/mol. The molecule has 33 heavy (non-hydrogen) atoms. The Morgan fingerprint density at radius 2 is 1.88 bits per heavy atom. The molecule has 0 radical (unpaired) electrons. The van der Waals surface area contributed by atoms with Crippen molar-refractivity contribution in [1.82, 2.24) is 24.9 Å². The van der Waals surface area contributed by atoms with E-state index in [0.29, 0.717) is 35.6 Å². The van der Waals surface area contributed by atoms with E-state index in [0.717, 1.165) is 24.6 Å². The quantitative estimate of drug-likeness (QED) is 0.475. The van der Waals surface area contributed by atoms with E-state index in [1.54, 1.807) is 18.2 Å². The number of aromatic nitrogens is 4. The lowest BCUT2D eigenvalue weighted by Crippen LogP contribution is -2.41. The number of carbonyl (C=O) groups excluding carboxylic acids is 1. The number of para-hydroxylation sites is 2. The molecule has 0 spiro atoms. The van der Waals surface area contributed by atoms with Gasteiger partial charge in [0.25, 0.3) is 0 Å². The maximum absolute atomic E-state index is 12.9. The van der Waals surface area contributed by atoms with Gasteiger partial charge in [0.1, 0.15) is 11.8 Å². The lowest BCUT2D eigenvalue weighted by molar-refractivity contribution is -0.122. The minimum Gasteiger partial charge on any atom is -0.434 e. The number of carbonyl (C=O) groups is 1. The highest BCUT2D eigenvalue weighted by Gasteiger charge is 2.23. The highest BCUT2D eigenvalue weighted by molar-refractivity contribution is 5.93. The molecule has 0 bridgehead atoms. The normalized spacial score (nSPS) is 17.1. The maximum atomic E-state index is 12.9. The molecule has 1 fully saturated rings. The summed E-state index contributed by atoms with van der Waals surface area (Å²) < 4.78 is 32.0. The molecule has 1 atom stereocenters. The number of nitrogens with zero attached hydrogens (tertiary/aromatic N) is 4. The highest BCUT2D eigenvalue weighted by atomic mass is 19.3. The SMILES string of the molecule is O=C1NCCCCCC1Nc1nc2ccccc2c2nc(-c3ccccc3OC(F)F)nn12. The lowest BCUT2D eigenvalue weighted by Gasteiger charge is -2.21. The molecular weight excluding hydrogens is 430 g/mol. The van der Waals surface area contributed by atoms with Gasteiger partial charge in [0.2, 0.25) is 11.9 Å². The van der Waals surface area contributed by atoms with Gasteiger partial charge in [-0.25, -0.2) is 9.97 Å². The van der Waals surface area contributed by atoms with Gasteiger partial charge in [-0.3, -0.25) is 4.79 Å². The molecule has 1 saturated heterocycles. The van der Waals surface area contributed by atoms with Crippen LogP contribution in [0.25, 0.3) is 27.9 Å². The third kappa shape index (κ3) is 4.28. The summed E-state index contributed by atoms with van der Waals surface area (Å²) >= 11 is 0. The summed E-state index contributed by atoms with van der Waals surface area (Å²) in [5.74, 6) is 0.466. The molecular formula is C23H22F2N6O2. The van der Waals surface area contributed by atoms with Crippen LogP contribution in [0.15, 0.2) is 48.5 Å². The molecule has 3 heterocycles. The van der Waals surface area contributed by atoms with Gasteiger partial charge in [-0.1, -0.05) is 37.1 Å². The molecule has 1 unspecified atom stereocenters. The zero-order valence-electron chi connectivity index (χ0n) is 17.7. The minimum atomic E-state index is -2.97. The predicted octanol–water partition coefficient (Wildman–Crippen LogP) is 4.02. The number of fused-ring (bicyclic) bond motifs is 3. The second-order valence-electron chi connectivity index (χ2n) is 7.84. The Labute approximate surface area is 188 Å². The van der Waals surface area contributed by atoms with Crippen molar-refractivity contribution in [2.45, 2.75) is 38.3 Å². The van der Waals surface area contributed by atoms with Crippen LogP contribution in [0.3, 0.4) is 0 Å². The first-order valence-electron chi connectivity index (χ1n) is 10.8. The number of amides is 1. The number of anilines is 1. The average Bonchev–Trinajstić information content (AvgIpc) is 3.25. The van der Waals surface area contributed by atoms with Crippen molar-refractivity contribution in [3.05, 3.63) is 48.5 Å². The van der Waals surface area contributed by atoms with Gasteiger partial charge < -0.3 is 15.4 Å². The molecule has 0 saturated carbocycles. The molecule has 8 nitrogen and oxygen atoms in total. The number of nitrogens with one attached hydrogen (secondary N) is 2. The van der Waals surface area contributed by atoms with Crippen molar-refractivity contribution in [1.29, 1.82) is 0 Å². The second kappa shape index (κ2) is 8.97. The van der Waals surface area contributed by atoms with Gasteiger partial charge in [0.15, 0.2) is 11.5 Å². The van der Waals surface area contributed by atoms with Crippen molar-refractivity contribution in [3.63, 3.8) is 0 Å². The van der Waals surface area contributed by atoms with Crippen LogP contribution in [-0.2, 0) is 4.79 Å². The standard InChI is InChI=1S/C23H22F2N6O2/c24-22(25)33-18-12-6-4-9-15(18)19-29-20-14-8-3-5-10-16(14)27-23(31(20)30-19)28-17-11-2-1-7-13-26-21(17)32/h3-6,8-10,12,17,22H,1-2,7,11,13H2,(H,26,32)(H,27,28). The number of hydrogen-bond donors (Lipinski definition) is 2. The van der Waals surface area contributed by atoms with Crippen LogP contribution in [0.4, 0.5) is 14.7 Å². The first-order chi connectivity index (χ1) is 16.1. The van der Waals surface area contributed by atoms with Crippen molar-refractivity contribution >= 4 is 28.4 Å². The summed E-state index contributed by atoms with van der Waals surface area (Å²) in [5, 5.41) is 11.5. The number of rotatable bonds is 5. The molecule has 10 heteroatoms. The smallest absolute Gasteiger partial charge is 0.387 e. The van der Waals surface area contributed by atoms with E-state index >= 15 is 0 Å². The largest absolute Gasteiger partial charge is 0.434 e. The van der Waals surface area contributed by atoms with Crippen molar-refractivity contribution in [3.8, 4) is 17.1 Å². The molecule has 1 aliphatic rings. The molecule has 2 N–H and O–H groups in total. The van der Waals surface area contributed by atoms with Gasteiger partial charge in [-0.15, -0.1) is 5.10 Å². The van der Waals surface area contributed by atoms with Crippen molar-refractivity contribution in [2.75, 3.05) is 11.9 Å². The van der Waals surface area contributed by atoms with Crippen LogP contribution in [0.1, 0.15) is 25.7 Å². The average molecular weight is 452 g/mol. The Bertz CT molecular complexity index is 1310. The van der Waals surface area contributed by atoms with E-state index < -0.39 is 12.7 Å². The first-order valence-corrected chi connectivity index (χ1v) is 10.8. The van der Waals surface area contributed by atoms with Crippen LogP contribution in [0, 0.1) is 0 Å². The second-order valence-corrected chi connectivity index (χ2v) is 7.84. The lowest BCUT2D eigenvalue weighted by atomic mass is 10.1. The minimum absolute atomic E-state index is 0.0189. The fourth-order valence-electron chi connectivity index (χ4n) is 4.02. The zero-order valence-corrected chi connectivity index (χ0v) is 17.7. The molecule has 1 aliphatic heterocycles. The Hall–Kier alpha value is -3.82. The zero-order chi connectivity index (χ0) is 22.8. The summed E-state index contributed by atoms with van der Waals surface area (Å²) in [7, 11) is 0. The molecule has 170 valence electrons. The van der Waals surface area contributed by atoms with E-state index in [9.17, 15) is 13.6 Å². The number of benzene rings is 2. The Morgan fingerprint density at radius 3 is 2.76 bits per heavy atom. The van der Waals surface area contributed by atoms with E-state index in [-0.39, 0.29) is 17.5 Å². The Morgan fingerprint density at radius 1 is 1.06 bits per heavy atom. The van der Waals surface area contributed by atoms with Crippen LogP contribution in [-0.4, -0.2) is 44.7 Å². The molecule has 2 aromatic heterocycles. The number of ether oxygens (including phenoxy) is 1. The molecule has 4 aromatic rings. The van der Waals surface area contributed by atoms with Crippen LogP contribution < -0.4 is 15.4 Å². The summed E-state index contributed by atoms with van der Waals surface area (Å²) in [6.07, 6.45) is 3.58. The monoisotopic (exact) mass is 452 g/mol. The Kier molecular flexibility index (Phi) is 5.72. The maximum Gasteiger partial charge on any atom is 0.387 e. The van der Waals surface area contributed by atoms with Gasteiger partial charge in [0.05, 0.1) is 11.1 Å². The summed E-state index contributed by atoms with van der Waals surface area (Å²) in [4.78, 5) is 21.9. The van der Waals surface area contributed by atoms with E-state index in [4.69, 9.17) is 0 Å². The topological polar surface area (TPSA) is 93.4 Å². The van der Waals surface area contributed by atoms with Gasteiger partial charge >= 0.3 is 6.61 Å². The number of alkyl halides is 2. The van der Waals surface area contributed by atoms with Crippen molar-refractivity contribution < 1.29 is 18.3 Å². The summed E-state index contributed by atoms with van der Waals surface area (Å²) in [6.45, 7) is -2.33. The highest BCUT2D eigenvalue weighted by Crippen LogP contribution is 2.31. The van der Waals surface area contributed by atoms with Crippen molar-refractivity contribution in [2.24, 2.45) is 0 Å². The number of halogens is 2. The van der Waals surface area contributed by atoms with E-state index in [1.165, 1.54) is 10.6 Å². The van der Waals surface area contributed by atoms with Crippen LogP contribution in [0.5, 0.6) is 5.75 Å². The third-order valence-corrected chi connectivity index (χ3v) is 5.61. The molecule has 1 amide bonds. The van der Waals surface area contributed by atoms with Crippen LogP contribution >= 0.6 is 0 Å². The van der Waals surface area contributed by atoms with E-state index in [2.05, 4.69) is 30.4 Å². The summed E-state index contributed by atoms with van der Waals surface area (Å²) in [6, 6.07) is 13.3. The summed E-state index contributed by atoms with van der Waals surface area (Å²) in [5.41, 5.74) is 1.51. The van der Waals surface area contributed by atoms with Gasteiger partial charge in [-0.2, -0.15) is 13.3 Å². The number of hydrogen-bond acceptors (Lipinski definition) is 6. The first kappa shape index (κ1) is 21.0. The molecule has 5 rings (SSSR count). The van der Waals surface area contributed by atoms with Gasteiger partial charge in [-0.05, 0) is 37.1 Å². The van der Waals surface area contributed by atoms with Crippen LogP contribution in [0.2, 0.25) is 0 Å². The molecule has 0 aliphatic carbocycles. The van der Waals surface area contributed by atoms with Gasteiger partial charge in [0, 0.05) is 11.9 Å². The third-order valence-electron chi connectivity index (χ3n) is 5.61. The fraction of sp³-hybridized carbons (Fsp3) is 0.304.